The average Bonchev–Trinajstić information content (AvgIpc) is 1.38. The topological polar surface area (TPSA) is 0 Å². The van der Waals surface area contributed by atoms with Crippen LogP contribution < -0.4 is 0 Å². The van der Waals surface area contributed by atoms with Gasteiger partial charge in [-0.05, 0) is 0 Å². The van der Waals surface area contributed by atoms with Crippen LogP contribution in [0.4, 0.5) is 0 Å². The summed E-state index contributed by atoms with van der Waals surface area (Å²) in [6.07, 6.45) is 0. The van der Waals surface area contributed by atoms with E-state index in [1.54, 1.807) is 0 Å². The van der Waals surface area contributed by atoms with Gasteiger partial charge in [0, 0.05) is 0 Å². The Balaban J connectivity index is 2.54. The molecule has 0 radical (unpaired) electrons. The molecule has 0 bridgehead atoms. The molecule has 0 spiro atoms. The van der Waals surface area contributed by atoms with Gasteiger partial charge in [0.15, 0.2) is 0 Å². The van der Waals surface area contributed by atoms with Crippen molar-refractivity contribution < 1.29 is 0 Å². The molecule has 0 saturated heterocycles. The van der Waals surface area contributed by atoms with Gasteiger partial charge in [0.25, 0.3) is 0 Å². The van der Waals surface area contributed by atoms with Crippen LogP contribution in [-0.4, -0.2) is 14.5 Å². The van der Waals surface area contributed by atoms with Crippen LogP contribution >= 0.6 is 10.0 Å². The molecule has 0 nitrogen and oxygen atoms in total. The fourth-order valence-corrected chi connectivity index (χ4v) is 0. The zero-order valence-corrected chi connectivity index (χ0v) is 7.39. The van der Waals surface area contributed by atoms with E-state index in [1.165, 1.54) is 0 Å². The molecule has 0 aliphatic carbocycles. The van der Waals surface area contributed by atoms with E-state index < -0.39 is 14.5 Å². The summed E-state index contributed by atoms with van der Waals surface area (Å²) < 4.78 is 0.837. The van der Waals surface area contributed by atoms with Gasteiger partial charge in [0.05, 0.1) is 0 Å². The monoisotopic (exact) mass is 154 g/mol. The fraction of sp³-hybridized carbons (Fsp3) is 1.00. The molecule has 0 heterocycles. The molecule has 0 aromatic rings. The Morgan fingerprint density at radius 2 is 1.80 bits per heavy atom. The van der Waals surface area contributed by atoms with Gasteiger partial charge in [-0.15, -0.1) is 0 Å². The van der Waals surface area contributed by atoms with Crippen LogP contribution in [0.5, 0.6) is 0 Å². The van der Waals surface area contributed by atoms with Crippen LogP contribution in [0.3, 0.4) is 0 Å². The van der Waals surface area contributed by atoms with Crippen molar-refractivity contribution in [1.82, 2.24) is 0 Å². The molecular weight excluding hydrogens is 144 g/mol. The summed E-state index contributed by atoms with van der Waals surface area (Å²) in [7, 11) is 5.52. The first kappa shape index (κ1) is 5.83. The minimum atomic E-state index is -0.514. The molecule has 2 heteroatoms. The van der Waals surface area contributed by atoms with Gasteiger partial charge in [-0.3, -0.25) is 0 Å². The summed E-state index contributed by atoms with van der Waals surface area (Å²) in [6, 6.07) is 0. The van der Waals surface area contributed by atoms with Crippen molar-refractivity contribution in [2.45, 2.75) is 18.6 Å². The van der Waals surface area contributed by atoms with Crippen LogP contribution in [0.25, 0.3) is 0 Å². The predicted octanol–water partition coefficient (Wildman–Crippen LogP) is 1.14. The van der Waals surface area contributed by atoms with Gasteiger partial charge in [-0.2, -0.15) is 0 Å². The summed E-state index contributed by atoms with van der Waals surface area (Å²) in [5.41, 5.74) is 0. The molecule has 0 aromatic carbocycles. The molecule has 32 valence electrons. The van der Waals surface area contributed by atoms with Gasteiger partial charge in [0.1, 0.15) is 0 Å². The molecule has 0 aliphatic heterocycles. The van der Waals surface area contributed by atoms with Gasteiger partial charge in [0.2, 0.25) is 0 Å². The Labute approximate surface area is 43.6 Å². The summed E-state index contributed by atoms with van der Waals surface area (Å²) in [4.78, 5) is 0. The van der Waals surface area contributed by atoms with Crippen LogP contribution in [0, 0.1) is 0 Å². The van der Waals surface area contributed by atoms with Gasteiger partial charge in [-0.25, -0.2) is 0 Å². The standard InChI is InChI=1S/C3H9ClGe/c1-3(2)5-4/h3H,5H2,1-2H3. The quantitative estimate of drug-likeness (QED) is 0.495. The summed E-state index contributed by atoms with van der Waals surface area (Å²) >= 11 is -0.514. The normalized spacial score (nSPS) is 12.0. The molecule has 0 aromatic heterocycles. The van der Waals surface area contributed by atoms with E-state index >= 15 is 0 Å². The minimum absolute atomic E-state index is 0.514. The van der Waals surface area contributed by atoms with E-state index in [0.29, 0.717) is 0 Å². The van der Waals surface area contributed by atoms with E-state index in [9.17, 15) is 0 Å². The van der Waals surface area contributed by atoms with Crippen LogP contribution in [0.2, 0.25) is 4.75 Å². The molecule has 0 atom stereocenters. The SMILES string of the molecule is C[CH](C)[GeH2][Cl]. The van der Waals surface area contributed by atoms with Crippen molar-refractivity contribution in [3.8, 4) is 0 Å². The third-order valence-corrected chi connectivity index (χ3v) is 4.81. The second kappa shape index (κ2) is 3.04. The molecule has 0 N–H and O–H groups in total. The van der Waals surface area contributed by atoms with Crippen molar-refractivity contribution in [3.05, 3.63) is 0 Å². The third-order valence-electron chi connectivity index (χ3n) is 0.309. The number of rotatable bonds is 1. The van der Waals surface area contributed by atoms with Crippen LogP contribution in [0.15, 0.2) is 0 Å². The van der Waals surface area contributed by atoms with Crippen molar-refractivity contribution >= 4 is 24.5 Å². The Morgan fingerprint density at radius 1 is 1.60 bits per heavy atom. The zero-order chi connectivity index (χ0) is 4.28. The average molecular weight is 153 g/mol. The fourth-order valence-electron chi connectivity index (χ4n) is 0. The van der Waals surface area contributed by atoms with Gasteiger partial charge in [-0.1, -0.05) is 0 Å². The van der Waals surface area contributed by atoms with Crippen LogP contribution in [-0.2, 0) is 0 Å². The second-order valence-electron chi connectivity index (χ2n) is 1.55. The molecule has 0 unspecified atom stereocenters. The number of hydrogen-bond donors (Lipinski definition) is 0. The van der Waals surface area contributed by atoms with Crippen molar-refractivity contribution in [1.29, 1.82) is 0 Å². The number of halogens is 1. The van der Waals surface area contributed by atoms with E-state index in [4.69, 9.17) is 10.0 Å². The molecule has 0 rings (SSSR count). The Hall–Kier alpha value is 0.833. The van der Waals surface area contributed by atoms with E-state index in [2.05, 4.69) is 13.8 Å². The van der Waals surface area contributed by atoms with E-state index in [1.807, 2.05) is 0 Å². The summed E-state index contributed by atoms with van der Waals surface area (Å²) in [5, 5.41) is 0. The van der Waals surface area contributed by atoms with Crippen molar-refractivity contribution in [2.24, 2.45) is 0 Å². The predicted molar refractivity (Wildman–Crippen MR) is 29.5 cm³/mol. The molecular formula is C3H9ClGe. The molecule has 0 aliphatic rings. The molecule has 5 heavy (non-hydrogen) atoms. The Bertz CT molecular complexity index is 20.9. The maximum absolute atomic E-state index is 5.52. The summed E-state index contributed by atoms with van der Waals surface area (Å²) in [5.74, 6) is 0. The second-order valence-corrected chi connectivity index (χ2v) is 7.23. The third kappa shape index (κ3) is 4.83. The summed E-state index contributed by atoms with van der Waals surface area (Å²) in [6.45, 7) is 4.35. The first-order valence-electron chi connectivity index (χ1n) is 1.83. The van der Waals surface area contributed by atoms with E-state index in [-0.39, 0.29) is 0 Å². The Morgan fingerprint density at radius 3 is 1.80 bits per heavy atom. The van der Waals surface area contributed by atoms with Gasteiger partial charge >= 0.3 is 43.1 Å². The molecule has 0 fully saturated rings. The number of hydrogen-bond acceptors (Lipinski definition) is 0. The maximum atomic E-state index is 5.52. The van der Waals surface area contributed by atoms with Gasteiger partial charge < -0.3 is 0 Å². The molecule has 0 amide bonds. The first-order valence-corrected chi connectivity index (χ1v) is 7.44. The zero-order valence-electron chi connectivity index (χ0n) is 3.66. The molecule has 0 saturated carbocycles. The first-order chi connectivity index (χ1) is 2.27. The Kier molecular flexibility index (Phi) is 3.55. The van der Waals surface area contributed by atoms with Crippen molar-refractivity contribution in [2.75, 3.05) is 0 Å². The van der Waals surface area contributed by atoms with Crippen molar-refractivity contribution in [3.63, 3.8) is 0 Å². The van der Waals surface area contributed by atoms with E-state index in [0.717, 1.165) is 4.75 Å². The van der Waals surface area contributed by atoms with Crippen LogP contribution in [0.1, 0.15) is 13.8 Å².